The predicted molar refractivity (Wildman–Crippen MR) is 165 cm³/mol. The summed E-state index contributed by atoms with van der Waals surface area (Å²) in [6, 6.07) is 0. The molecule has 8 nitrogen and oxygen atoms in total. The third kappa shape index (κ3) is 12.8. The first-order valence-corrected chi connectivity index (χ1v) is 18.7. The van der Waals surface area contributed by atoms with Crippen LogP contribution < -0.4 is 0 Å². The van der Waals surface area contributed by atoms with Gasteiger partial charge in [0.1, 0.15) is 0 Å². The maximum absolute atomic E-state index is 11.2. The highest BCUT2D eigenvalue weighted by Gasteiger charge is 2.43. The van der Waals surface area contributed by atoms with E-state index in [9.17, 15) is 13.5 Å². The standard InChI is InChI=1S/C33H60O8S/c1-5-6-21-33(2,3)30(41-32-18-12-15-23-38-32)20-19-27-26(16-10-8-7-9-13-24-39-42(4,35)36)28(34)25-29(27)40-31-17-11-14-22-37-31/h19-20,26-32,34H,5-18,21-25H2,1-4H3/b20-19+/t26-,27-,28?,29-,30?,31?,32?/m1/s1. The summed E-state index contributed by atoms with van der Waals surface area (Å²) in [5, 5.41) is 11.2. The fraction of sp³-hybridized carbons (Fsp3) is 0.939. The van der Waals surface area contributed by atoms with E-state index >= 15 is 0 Å². The van der Waals surface area contributed by atoms with Crippen molar-refractivity contribution in [1.82, 2.24) is 0 Å². The Morgan fingerprint density at radius 1 is 0.952 bits per heavy atom. The van der Waals surface area contributed by atoms with Crippen molar-refractivity contribution in [3.05, 3.63) is 12.2 Å². The van der Waals surface area contributed by atoms with Crippen molar-refractivity contribution in [1.29, 1.82) is 0 Å². The summed E-state index contributed by atoms with van der Waals surface area (Å²) < 4.78 is 52.2. The molecule has 2 heterocycles. The Hall–Kier alpha value is -0.550. The second-order valence-electron chi connectivity index (χ2n) is 13.4. The van der Waals surface area contributed by atoms with Crippen LogP contribution in [0.15, 0.2) is 12.2 Å². The summed E-state index contributed by atoms with van der Waals surface area (Å²) in [4.78, 5) is 0. The van der Waals surface area contributed by atoms with Gasteiger partial charge < -0.3 is 24.1 Å². The molecule has 0 amide bonds. The lowest BCUT2D eigenvalue weighted by molar-refractivity contribution is -0.198. The van der Waals surface area contributed by atoms with Gasteiger partial charge in [0, 0.05) is 25.6 Å². The van der Waals surface area contributed by atoms with E-state index in [0.717, 1.165) is 116 Å². The monoisotopic (exact) mass is 616 g/mol. The van der Waals surface area contributed by atoms with Gasteiger partial charge in [0.15, 0.2) is 12.6 Å². The van der Waals surface area contributed by atoms with Gasteiger partial charge in [-0.1, -0.05) is 71.4 Å². The Labute approximate surface area is 256 Å². The van der Waals surface area contributed by atoms with Crippen LogP contribution in [0.4, 0.5) is 0 Å². The molecular formula is C33H60O8S. The van der Waals surface area contributed by atoms with Crippen LogP contribution in [0.25, 0.3) is 0 Å². The van der Waals surface area contributed by atoms with Crippen molar-refractivity contribution in [2.45, 2.75) is 154 Å². The Bertz CT molecular complexity index is 863. The first-order chi connectivity index (χ1) is 20.1. The second-order valence-corrected chi connectivity index (χ2v) is 15.1. The summed E-state index contributed by atoms with van der Waals surface area (Å²) in [7, 11) is -3.37. The first kappa shape index (κ1) is 35.9. The fourth-order valence-electron chi connectivity index (χ4n) is 6.61. The quantitative estimate of drug-likeness (QED) is 0.0951. The van der Waals surface area contributed by atoms with Crippen LogP contribution >= 0.6 is 0 Å². The highest BCUT2D eigenvalue weighted by atomic mass is 32.2. The average molecular weight is 617 g/mol. The van der Waals surface area contributed by atoms with Crippen LogP contribution in [0.3, 0.4) is 0 Å². The van der Waals surface area contributed by atoms with Crippen molar-refractivity contribution < 1.29 is 36.7 Å². The summed E-state index contributed by atoms with van der Waals surface area (Å²) in [6.45, 7) is 8.57. The van der Waals surface area contributed by atoms with Gasteiger partial charge >= 0.3 is 0 Å². The van der Waals surface area contributed by atoms with Gasteiger partial charge in [0.2, 0.25) is 0 Å². The molecule has 2 aliphatic heterocycles. The molecule has 9 heteroatoms. The van der Waals surface area contributed by atoms with Gasteiger partial charge in [-0.25, -0.2) is 0 Å². The van der Waals surface area contributed by atoms with Crippen molar-refractivity contribution in [3.8, 4) is 0 Å². The minimum absolute atomic E-state index is 0.0380. The molecule has 0 bridgehead atoms. The zero-order valence-electron chi connectivity index (χ0n) is 26.8. The van der Waals surface area contributed by atoms with Crippen LogP contribution in [-0.2, 0) is 33.2 Å². The maximum Gasteiger partial charge on any atom is 0.264 e. The number of rotatable bonds is 19. The zero-order chi connectivity index (χ0) is 30.4. The molecule has 3 rings (SSSR count). The fourth-order valence-corrected chi connectivity index (χ4v) is 7.03. The molecule has 3 aliphatic rings. The van der Waals surface area contributed by atoms with Crippen LogP contribution in [0.5, 0.6) is 0 Å². The molecule has 7 atom stereocenters. The van der Waals surface area contributed by atoms with Gasteiger partial charge in [0.25, 0.3) is 10.1 Å². The van der Waals surface area contributed by atoms with Gasteiger partial charge in [0.05, 0.1) is 31.2 Å². The van der Waals surface area contributed by atoms with Crippen LogP contribution in [0.1, 0.15) is 124 Å². The molecule has 0 spiro atoms. The molecule has 1 N–H and O–H groups in total. The van der Waals surface area contributed by atoms with E-state index in [1.165, 1.54) is 0 Å². The lowest BCUT2D eigenvalue weighted by Gasteiger charge is -2.36. The third-order valence-corrected chi connectivity index (χ3v) is 9.82. The van der Waals surface area contributed by atoms with Crippen LogP contribution in [0.2, 0.25) is 0 Å². The number of ether oxygens (including phenoxy) is 4. The highest BCUT2D eigenvalue weighted by molar-refractivity contribution is 7.85. The molecule has 1 aliphatic carbocycles. The van der Waals surface area contributed by atoms with E-state index in [2.05, 4.69) is 32.9 Å². The molecule has 0 aromatic rings. The van der Waals surface area contributed by atoms with Crippen molar-refractivity contribution in [3.63, 3.8) is 0 Å². The second kappa shape index (κ2) is 18.4. The van der Waals surface area contributed by atoms with Crippen molar-refractivity contribution >= 4 is 10.1 Å². The van der Waals surface area contributed by atoms with E-state index in [0.29, 0.717) is 6.42 Å². The lowest BCUT2D eigenvalue weighted by Crippen LogP contribution is -2.37. The smallest absolute Gasteiger partial charge is 0.264 e. The van der Waals surface area contributed by atoms with E-state index in [4.69, 9.17) is 23.1 Å². The van der Waals surface area contributed by atoms with E-state index in [1.807, 2.05) is 0 Å². The highest BCUT2D eigenvalue weighted by Crippen LogP contribution is 2.41. The number of aliphatic hydroxyl groups is 1. The number of hydrogen-bond donors (Lipinski definition) is 1. The number of unbranched alkanes of at least 4 members (excludes halogenated alkanes) is 5. The van der Waals surface area contributed by atoms with E-state index in [-0.39, 0.29) is 48.6 Å². The van der Waals surface area contributed by atoms with Crippen molar-refractivity contribution in [2.75, 3.05) is 26.1 Å². The minimum Gasteiger partial charge on any atom is -0.393 e. The van der Waals surface area contributed by atoms with E-state index < -0.39 is 16.2 Å². The summed E-state index contributed by atoms with van der Waals surface area (Å²) in [5.41, 5.74) is -0.0380. The Kier molecular flexibility index (Phi) is 15.8. The normalized spacial score (nSPS) is 30.2. The summed E-state index contributed by atoms with van der Waals surface area (Å²) in [5.74, 6) is 0.211. The zero-order valence-corrected chi connectivity index (χ0v) is 27.7. The first-order valence-electron chi connectivity index (χ1n) is 16.8. The van der Waals surface area contributed by atoms with Gasteiger partial charge in [-0.05, 0) is 69.1 Å². The molecule has 3 fully saturated rings. The SMILES string of the molecule is CCCCC(C)(C)C(/C=C/[C@H]1[C@H](OC2CCCCO2)CC(O)[C@@H]1CCCCCCCOS(C)(=O)=O)OC1CCCCO1. The average Bonchev–Trinajstić information content (AvgIpc) is 3.24. The molecule has 1 saturated carbocycles. The predicted octanol–water partition coefficient (Wildman–Crippen LogP) is 6.90. The van der Waals surface area contributed by atoms with E-state index in [1.54, 1.807) is 0 Å². The topological polar surface area (TPSA) is 101 Å². The Balaban J connectivity index is 1.66. The number of aliphatic hydroxyl groups excluding tert-OH is 1. The molecule has 4 unspecified atom stereocenters. The summed E-state index contributed by atoms with van der Waals surface area (Å²) >= 11 is 0. The van der Waals surface area contributed by atoms with Gasteiger partial charge in [-0.2, -0.15) is 8.42 Å². The molecule has 0 aromatic carbocycles. The Morgan fingerprint density at radius 3 is 2.26 bits per heavy atom. The van der Waals surface area contributed by atoms with Gasteiger partial charge in [-0.15, -0.1) is 0 Å². The van der Waals surface area contributed by atoms with Gasteiger partial charge in [-0.3, -0.25) is 4.18 Å². The Morgan fingerprint density at radius 2 is 1.62 bits per heavy atom. The molecule has 0 radical (unpaired) electrons. The lowest BCUT2D eigenvalue weighted by atomic mass is 9.80. The largest absolute Gasteiger partial charge is 0.393 e. The van der Waals surface area contributed by atoms with Crippen LogP contribution in [-0.4, -0.2) is 70.5 Å². The maximum atomic E-state index is 11.2. The molecule has 246 valence electrons. The number of hydrogen-bond acceptors (Lipinski definition) is 8. The molecular weight excluding hydrogens is 556 g/mol. The van der Waals surface area contributed by atoms with Crippen LogP contribution in [0, 0.1) is 17.3 Å². The molecule has 42 heavy (non-hydrogen) atoms. The minimum atomic E-state index is -3.37. The van der Waals surface area contributed by atoms with Crippen molar-refractivity contribution in [2.24, 2.45) is 17.3 Å². The summed E-state index contributed by atoms with van der Waals surface area (Å²) in [6.07, 6.45) is 20.7. The molecule has 0 aromatic heterocycles. The third-order valence-electron chi connectivity index (χ3n) is 9.22. The molecule has 2 saturated heterocycles.